The number of carbonyl (C=O) groups excluding carboxylic acids is 3. The number of rotatable bonds is 9. The molecule has 31 heavy (non-hydrogen) atoms. The lowest BCUT2D eigenvalue weighted by Gasteiger charge is -2.10. The first-order chi connectivity index (χ1) is 14.9. The maximum absolute atomic E-state index is 13.8. The fourth-order valence-corrected chi connectivity index (χ4v) is 2.53. The van der Waals surface area contributed by atoms with Crippen molar-refractivity contribution in [3.63, 3.8) is 0 Å². The molecule has 0 aliphatic carbocycles. The fraction of sp³-hybridized carbons (Fsp3) is 0.200. The van der Waals surface area contributed by atoms with Crippen molar-refractivity contribution in [1.82, 2.24) is 10.7 Å². The summed E-state index contributed by atoms with van der Waals surface area (Å²) in [6, 6.07) is 10.9. The third-order valence-electron chi connectivity index (χ3n) is 3.65. The molecule has 0 aliphatic heterocycles. The Morgan fingerprint density at radius 3 is 2.68 bits per heavy atom. The summed E-state index contributed by atoms with van der Waals surface area (Å²) in [7, 11) is 1.47. The first-order valence-corrected chi connectivity index (χ1v) is 9.77. The van der Waals surface area contributed by atoms with Crippen LogP contribution in [0.5, 0.6) is 5.75 Å². The van der Waals surface area contributed by atoms with Crippen LogP contribution in [0.15, 0.2) is 52.0 Å². The lowest BCUT2D eigenvalue weighted by atomic mass is 10.2. The van der Waals surface area contributed by atoms with E-state index in [1.807, 2.05) is 0 Å². The minimum absolute atomic E-state index is 0.0261. The Bertz CT molecular complexity index is 970. The van der Waals surface area contributed by atoms with Crippen molar-refractivity contribution in [2.75, 3.05) is 32.2 Å². The molecule has 2 aromatic rings. The smallest absolute Gasteiger partial charge is 0.329 e. The van der Waals surface area contributed by atoms with E-state index in [1.54, 1.807) is 30.3 Å². The molecule has 11 heteroatoms. The van der Waals surface area contributed by atoms with Crippen molar-refractivity contribution in [3.05, 3.63) is 58.3 Å². The normalized spacial score (nSPS) is 10.5. The number of benzene rings is 2. The number of anilines is 1. The molecule has 0 bridgehead atoms. The van der Waals surface area contributed by atoms with E-state index < -0.39 is 23.5 Å². The van der Waals surface area contributed by atoms with Gasteiger partial charge in [0.25, 0.3) is 5.91 Å². The monoisotopic (exact) mass is 494 g/mol. The largest absolute Gasteiger partial charge is 0.483 e. The van der Waals surface area contributed by atoms with Gasteiger partial charge in [-0.1, -0.05) is 28.1 Å². The number of halogens is 2. The summed E-state index contributed by atoms with van der Waals surface area (Å²) >= 11 is 3.14. The second kappa shape index (κ2) is 12.4. The van der Waals surface area contributed by atoms with Crippen LogP contribution in [0.4, 0.5) is 10.1 Å². The lowest BCUT2D eigenvalue weighted by molar-refractivity contribution is -0.139. The van der Waals surface area contributed by atoms with Gasteiger partial charge in [0.1, 0.15) is 11.6 Å². The van der Waals surface area contributed by atoms with E-state index in [9.17, 15) is 18.8 Å². The number of para-hydroxylation sites is 1. The highest BCUT2D eigenvalue weighted by atomic mass is 79.9. The van der Waals surface area contributed by atoms with Gasteiger partial charge in [0.05, 0.1) is 18.5 Å². The number of carbonyl (C=O) groups is 3. The van der Waals surface area contributed by atoms with Gasteiger partial charge in [-0.3, -0.25) is 14.4 Å². The Morgan fingerprint density at radius 2 is 1.94 bits per heavy atom. The molecule has 2 aromatic carbocycles. The van der Waals surface area contributed by atoms with Crippen LogP contribution in [0.25, 0.3) is 0 Å². The van der Waals surface area contributed by atoms with Crippen molar-refractivity contribution in [3.8, 4) is 5.75 Å². The quantitative estimate of drug-likeness (QED) is 0.212. The molecule has 0 atom stereocenters. The predicted octanol–water partition coefficient (Wildman–Crippen LogP) is 1.82. The Balaban J connectivity index is 1.89. The summed E-state index contributed by atoms with van der Waals surface area (Å²) in [5.41, 5.74) is 2.57. The zero-order chi connectivity index (χ0) is 22.6. The van der Waals surface area contributed by atoms with E-state index in [1.165, 1.54) is 25.5 Å². The van der Waals surface area contributed by atoms with Gasteiger partial charge in [0.15, 0.2) is 6.61 Å². The van der Waals surface area contributed by atoms with Crippen LogP contribution >= 0.6 is 15.9 Å². The van der Waals surface area contributed by atoms with E-state index in [0.717, 1.165) is 0 Å². The van der Waals surface area contributed by atoms with Gasteiger partial charge in [-0.2, -0.15) is 5.10 Å². The van der Waals surface area contributed by atoms with Crippen LogP contribution in [0.3, 0.4) is 0 Å². The number of nitrogens with one attached hydrogen (secondary N) is 3. The molecule has 0 heterocycles. The summed E-state index contributed by atoms with van der Waals surface area (Å²) in [4.78, 5) is 35.3. The Kier molecular flexibility index (Phi) is 9.59. The molecular weight excluding hydrogens is 475 g/mol. The van der Waals surface area contributed by atoms with Gasteiger partial charge >= 0.3 is 11.8 Å². The van der Waals surface area contributed by atoms with E-state index in [4.69, 9.17) is 9.47 Å². The van der Waals surface area contributed by atoms with E-state index >= 15 is 0 Å². The number of nitrogens with zero attached hydrogens (tertiary/aromatic N) is 1. The topological polar surface area (TPSA) is 118 Å². The first kappa shape index (κ1) is 24.0. The average Bonchev–Trinajstić information content (AvgIpc) is 2.75. The Morgan fingerprint density at radius 1 is 1.16 bits per heavy atom. The van der Waals surface area contributed by atoms with Crippen LogP contribution < -0.4 is 20.8 Å². The predicted molar refractivity (Wildman–Crippen MR) is 115 cm³/mol. The highest BCUT2D eigenvalue weighted by Gasteiger charge is 2.12. The Labute approximate surface area is 186 Å². The Hall–Kier alpha value is -3.31. The molecule has 0 aliphatic rings. The van der Waals surface area contributed by atoms with Crippen LogP contribution in [0.2, 0.25) is 0 Å². The van der Waals surface area contributed by atoms with Crippen LogP contribution in [-0.2, 0) is 19.1 Å². The molecule has 3 N–H and O–H groups in total. The number of hydrazone groups is 1. The SMILES string of the molecule is COCCNC(=O)C(=O)N/N=C\c1ccccc1OCC(=O)Nc1ccc(Br)cc1F. The molecule has 0 saturated carbocycles. The highest BCUT2D eigenvalue weighted by molar-refractivity contribution is 9.10. The molecule has 0 saturated heterocycles. The van der Waals surface area contributed by atoms with E-state index in [-0.39, 0.29) is 25.4 Å². The molecule has 9 nitrogen and oxygen atoms in total. The van der Waals surface area contributed by atoms with Crippen LogP contribution in [-0.4, -0.2) is 50.8 Å². The van der Waals surface area contributed by atoms with E-state index in [2.05, 4.69) is 37.1 Å². The fourth-order valence-electron chi connectivity index (χ4n) is 2.20. The standard InChI is InChI=1S/C20H20BrFN4O5/c1-30-9-8-23-19(28)20(29)26-24-11-13-4-2-3-5-17(13)31-12-18(27)25-16-7-6-14(21)10-15(16)22/h2-7,10-11H,8-9,12H2,1H3,(H,23,28)(H,25,27)(H,26,29)/b24-11-. The van der Waals surface area contributed by atoms with Gasteiger partial charge < -0.3 is 20.1 Å². The first-order valence-electron chi connectivity index (χ1n) is 8.97. The third kappa shape index (κ3) is 8.15. The van der Waals surface area contributed by atoms with Crippen LogP contribution in [0, 0.1) is 5.82 Å². The number of hydrogen-bond acceptors (Lipinski definition) is 6. The van der Waals surface area contributed by atoms with Crippen molar-refractivity contribution >= 4 is 45.6 Å². The maximum atomic E-state index is 13.8. The summed E-state index contributed by atoms with van der Waals surface area (Å²) < 4.78 is 24.6. The number of amides is 3. The van der Waals surface area contributed by atoms with Gasteiger partial charge in [0.2, 0.25) is 0 Å². The van der Waals surface area contributed by atoms with Crippen molar-refractivity contribution < 1.29 is 28.2 Å². The van der Waals surface area contributed by atoms with Crippen molar-refractivity contribution in [2.24, 2.45) is 5.10 Å². The second-order valence-corrected chi connectivity index (χ2v) is 6.86. The summed E-state index contributed by atoms with van der Waals surface area (Å²) in [5, 5.41) is 8.48. The molecule has 0 unspecified atom stereocenters. The lowest BCUT2D eigenvalue weighted by Crippen LogP contribution is -2.39. The number of hydrogen-bond donors (Lipinski definition) is 3. The maximum Gasteiger partial charge on any atom is 0.329 e. The zero-order valence-electron chi connectivity index (χ0n) is 16.5. The summed E-state index contributed by atoms with van der Waals surface area (Å²) in [5.74, 6) is -2.64. The summed E-state index contributed by atoms with van der Waals surface area (Å²) in [6.45, 7) is 0.0824. The number of ether oxygens (including phenoxy) is 2. The molecule has 2 rings (SSSR count). The molecule has 0 spiro atoms. The highest BCUT2D eigenvalue weighted by Crippen LogP contribution is 2.20. The van der Waals surface area contributed by atoms with Gasteiger partial charge in [-0.25, -0.2) is 9.82 Å². The molecule has 0 radical (unpaired) electrons. The minimum Gasteiger partial charge on any atom is -0.483 e. The second-order valence-electron chi connectivity index (χ2n) is 5.95. The van der Waals surface area contributed by atoms with Gasteiger partial charge in [-0.15, -0.1) is 0 Å². The third-order valence-corrected chi connectivity index (χ3v) is 4.14. The van der Waals surface area contributed by atoms with Crippen molar-refractivity contribution in [1.29, 1.82) is 0 Å². The minimum atomic E-state index is -0.943. The summed E-state index contributed by atoms with van der Waals surface area (Å²) in [6.07, 6.45) is 1.27. The molecule has 164 valence electrons. The number of methoxy groups -OCH3 is 1. The van der Waals surface area contributed by atoms with Crippen LogP contribution in [0.1, 0.15) is 5.56 Å². The molecular formula is C20H20BrFN4O5. The molecule has 0 fully saturated rings. The van der Waals surface area contributed by atoms with Gasteiger partial charge in [0, 0.05) is 23.7 Å². The van der Waals surface area contributed by atoms with Gasteiger partial charge in [-0.05, 0) is 30.3 Å². The molecule has 0 aromatic heterocycles. The average molecular weight is 495 g/mol. The molecule has 3 amide bonds. The van der Waals surface area contributed by atoms with Crippen molar-refractivity contribution in [2.45, 2.75) is 0 Å². The van der Waals surface area contributed by atoms with E-state index in [0.29, 0.717) is 15.8 Å². The zero-order valence-corrected chi connectivity index (χ0v) is 18.1.